The number of nitrogens with two attached hydrogens (primary N) is 1. The van der Waals surface area contributed by atoms with Gasteiger partial charge in [0.2, 0.25) is 5.91 Å². The van der Waals surface area contributed by atoms with Gasteiger partial charge in [-0.05, 0) is 24.6 Å². The first-order chi connectivity index (χ1) is 12.4. The molecule has 1 amide bonds. The highest BCUT2D eigenvalue weighted by molar-refractivity contribution is 7.23. The molecule has 130 valence electrons. The number of rotatable bonds is 1. The van der Waals surface area contributed by atoms with Crippen LogP contribution in [-0.4, -0.2) is 5.91 Å². The van der Waals surface area contributed by atoms with Crippen LogP contribution in [0, 0.1) is 24.1 Å². The molecule has 8 heteroatoms. The summed E-state index contributed by atoms with van der Waals surface area (Å²) in [6.45, 7) is 1.81. The summed E-state index contributed by atoms with van der Waals surface area (Å²) in [5, 5.41) is 13.1. The highest BCUT2D eigenvalue weighted by Crippen LogP contribution is 2.48. The zero-order chi connectivity index (χ0) is 18.6. The number of aryl methyl sites for hydroxylation is 1. The third kappa shape index (κ3) is 2.34. The van der Waals surface area contributed by atoms with Crippen LogP contribution in [0.5, 0.6) is 0 Å². The zero-order valence-electron chi connectivity index (χ0n) is 13.6. The van der Waals surface area contributed by atoms with Gasteiger partial charge in [-0.3, -0.25) is 10.5 Å². The van der Waals surface area contributed by atoms with Crippen molar-refractivity contribution in [3.05, 3.63) is 51.3 Å². The van der Waals surface area contributed by atoms with Gasteiger partial charge in [0.15, 0.2) is 0 Å². The van der Waals surface area contributed by atoms with Crippen LogP contribution in [-0.2, 0) is 4.79 Å². The first-order valence-corrected chi connectivity index (χ1v) is 9.03. The molecule has 1 aliphatic rings. The number of thiophene rings is 1. The number of aromatic nitrogens is 1. The second-order valence-corrected chi connectivity index (χ2v) is 7.57. The third-order valence-corrected chi connectivity index (χ3v) is 6.21. The minimum atomic E-state index is -0.538. The number of benzene rings is 1. The Morgan fingerprint density at radius 3 is 2.92 bits per heavy atom. The average molecular weight is 388 g/mol. The molecule has 0 spiro atoms. The maximum atomic E-state index is 14.5. The predicted molar refractivity (Wildman–Crippen MR) is 98.7 cm³/mol. The van der Waals surface area contributed by atoms with Crippen LogP contribution in [0.15, 0.2) is 18.2 Å². The molecule has 4 rings (SSSR count). The molecule has 0 unspecified atom stereocenters. The fourth-order valence-corrected chi connectivity index (χ4v) is 5.01. The summed E-state index contributed by atoms with van der Waals surface area (Å²) in [4.78, 5) is 15.3. The lowest BCUT2D eigenvalue weighted by Gasteiger charge is -2.23. The number of aromatic amines is 1. The van der Waals surface area contributed by atoms with Crippen LogP contribution in [0.25, 0.3) is 10.2 Å². The van der Waals surface area contributed by atoms with E-state index in [1.54, 1.807) is 13.0 Å². The number of halogens is 2. The normalized spacial score (nSPS) is 16.2. The molecule has 0 fully saturated rings. The Hall–Kier alpha value is -2.69. The molecule has 26 heavy (non-hydrogen) atoms. The number of anilines is 2. The number of fused-ring (bicyclic) bond motifs is 3. The zero-order valence-corrected chi connectivity index (χ0v) is 15.2. The molecule has 1 atom stereocenters. The van der Waals surface area contributed by atoms with E-state index in [1.807, 2.05) is 0 Å². The summed E-state index contributed by atoms with van der Waals surface area (Å²) in [5.74, 6) is -0.960. The number of nitriles is 1. The standard InChI is InChI=1S/C18H12ClFN4OS/c1-7-9(6-21)17(22)24-15-14-8(13-10(19)3-2-4-11(13)20)5-12(25)23-18(14)26-16(7)15/h2-4,8H,5H2,1H3,(H2,22,24)(H,23,25)/p+1/t8-/m0/s1. The Balaban J connectivity index is 2.07. The number of amides is 1. The molecule has 1 aliphatic heterocycles. The molecule has 3 heterocycles. The number of carbonyl (C=O) groups is 1. The lowest BCUT2D eigenvalue weighted by atomic mass is 9.86. The molecule has 4 N–H and O–H groups in total. The minimum absolute atomic E-state index is 0.0757. The van der Waals surface area contributed by atoms with Crippen LogP contribution in [0.4, 0.5) is 15.2 Å². The fourth-order valence-electron chi connectivity index (χ4n) is 3.47. The van der Waals surface area contributed by atoms with Gasteiger partial charge >= 0.3 is 0 Å². The van der Waals surface area contributed by atoms with Crippen molar-refractivity contribution in [1.29, 1.82) is 5.26 Å². The summed E-state index contributed by atoms with van der Waals surface area (Å²) >= 11 is 7.60. The largest absolute Gasteiger partial charge is 0.317 e. The Kier molecular flexibility index (Phi) is 3.83. The Labute approximate surface area is 157 Å². The van der Waals surface area contributed by atoms with E-state index in [0.29, 0.717) is 21.6 Å². The van der Waals surface area contributed by atoms with Gasteiger partial charge < -0.3 is 5.32 Å². The molecule has 5 nitrogen and oxygen atoms in total. The monoisotopic (exact) mass is 387 g/mol. The SMILES string of the molecule is Cc1c(C#N)c(N)[nH+]c2c3c(sc12)NC(=O)C[C@H]3c1c(F)cccc1Cl. The number of pyridine rings is 1. The number of carbonyl (C=O) groups excluding carboxylic acids is 1. The van der Waals surface area contributed by atoms with Crippen LogP contribution in [0.1, 0.15) is 34.6 Å². The number of nitrogens with zero attached hydrogens (tertiary/aromatic N) is 1. The average Bonchev–Trinajstić information content (AvgIpc) is 2.93. The van der Waals surface area contributed by atoms with Gasteiger partial charge in [0.25, 0.3) is 5.82 Å². The van der Waals surface area contributed by atoms with E-state index >= 15 is 0 Å². The second kappa shape index (κ2) is 5.94. The number of hydrogen-bond acceptors (Lipinski definition) is 4. The van der Waals surface area contributed by atoms with Crippen molar-refractivity contribution in [2.24, 2.45) is 0 Å². The van der Waals surface area contributed by atoms with Crippen molar-refractivity contribution in [3.63, 3.8) is 0 Å². The van der Waals surface area contributed by atoms with Gasteiger partial charge in [-0.25, -0.2) is 9.37 Å². The minimum Gasteiger partial charge on any atom is -0.317 e. The number of nitrogens with one attached hydrogen (secondary N) is 2. The molecular weight excluding hydrogens is 375 g/mol. The molecule has 3 aromatic rings. The Morgan fingerprint density at radius 1 is 1.46 bits per heavy atom. The van der Waals surface area contributed by atoms with Gasteiger partial charge in [-0.1, -0.05) is 17.7 Å². The van der Waals surface area contributed by atoms with Crippen molar-refractivity contribution in [2.75, 3.05) is 11.1 Å². The molecule has 1 aromatic carbocycles. The summed E-state index contributed by atoms with van der Waals surface area (Å²) in [6.07, 6.45) is 0.0757. The number of hydrogen-bond donors (Lipinski definition) is 2. The highest BCUT2D eigenvalue weighted by atomic mass is 35.5. The first kappa shape index (κ1) is 16.8. The summed E-state index contributed by atoms with van der Waals surface area (Å²) in [5.41, 5.74) is 8.83. The van der Waals surface area contributed by atoms with E-state index in [2.05, 4.69) is 16.4 Å². The van der Waals surface area contributed by atoms with E-state index in [9.17, 15) is 14.4 Å². The van der Waals surface area contributed by atoms with Crippen molar-refractivity contribution < 1.29 is 14.2 Å². The van der Waals surface area contributed by atoms with E-state index in [-0.39, 0.29) is 23.2 Å². The molecule has 0 saturated heterocycles. The van der Waals surface area contributed by atoms with E-state index in [0.717, 1.165) is 15.8 Å². The molecule has 2 aromatic heterocycles. The first-order valence-electron chi connectivity index (χ1n) is 7.84. The Bertz CT molecular complexity index is 1110. The lowest BCUT2D eigenvalue weighted by molar-refractivity contribution is -0.327. The van der Waals surface area contributed by atoms with Crippen molar-refractivity contribution in [3.8, 4) is 6.07 Å². The predicted octanol–water partition coefficient (Wildman–Crippen LogP) is 3.74. The van der Waals surface area contributed by atoms with Crippen LogP contribution >= 0.6 is 22.9 Å². The summed E-state index contributed by atoms with van der Waals surface area (Å²) in [7, 11) is 0. The topological polar surface area (TPSA) is 93.1 Å². The van der Waals surface area contributed by atoms with Gasteiger partial charge in [0, 0.05) is 28.5 Å². The number of nitrogen functional groups attached to an aromatic ring is 1. The second-order valence-electron chi connectivity index (χ2n) is 6.14. The molecule has 0 radical (unpaired) electrons. The van der Waals surface area contributed by atoms with E-state index in [4.69, 9.17) is 17.3 Å². The molecular formula is C18H13ClFN4OS+. The summed E-state index contributed by atoms with van der Waals surface area (Å²) in [6, 6.07) is 6.56. The molecule has 0 saturated carbocycles. The van der Waals surface area contributed by atoms with E-state index in [1.165, 1.54) is 23.5 Å². The van der Waals surface area contributed by atoms with Gasteiger partial charge in [0.1, 0.15) is 28.0 Å². The highest BCUT2D eigenvalue weighted by Gasteiger charge is 2.36. The van der Waals surface area contributed by atoms with Gasteiger partial charge in [-0.15, -0.1) is 11.3 Å². The van der Waals surface area contributed by atoms with Gasteiger partial charge in [0.05, 0.1) is 4.70 Å². The maximum Gasteiger partial charge on any atom is 0.289 e. The van der Waals surface area contributed by atoms with Crippen molar-refractivity contribution >= 4 is 49.9 Å². The maximum absolute atomic E-state index is 14.5. The van der Waals surface area contributed by atoms with Crippen LogP contribution in [0.2, 0.25) is 5.02 Å². The quantitative estimate of drug-likeness (QED) is 0.666. The van der Waals surface area contributed by atoms with Crippen molar-refractivity contribution in [1.82, 2.24) is 0 Å². The number of H-pyrrole nitrogens is 1. The van der Waals surface area contributed by atoms with Crippen LogP contribution in [0.3, 0.4) is 0 Å². The molecule has 0 bridgehead atoms. The third-order valence-electron chi connectivity index (χ3n) is 4.64. The summed E-state index contributed by atoms with van der Waals surface area (Å²) < 4.78 is 15.4. The molecule has 0 aliphatic carbocycles. The smallest absolute Gasteiger partial charge is 0.289 e. The fraction of sp³-hybridized carbons (Fsp3) is 0.167. The Morgan fingerprint density at radius 2 is 2.23 bits per heavy atom. The van der Waals surface area contributed by atoms with Crippen LogP contribution < -0.4 is 16.0 Å². The van der Waals surface area contributed by atoms with Crippen molar-refractivity contribution in [2.45, 2.75) is 19.3 Å². The van der Waals surface area contributed by atoms with E-state index < -0.39 is 11.7 Å². The lowest BCUT2D eigenvalue weighted by Crippen LogP contribution is -2.24. The van der Waals surface area contributed by atoms with Gasteiger partial charge in [-0.2, -0.15) is 5.26 Å².